The van der Waals surface area contributed by atoms with Crippen LogP contribution in [0, 0.1) is 6.92 Å². The molecular weight excluding hydrogens is 210 g/mol. The van der Waals surface area contributed by atoms with Crippen molar-refractivity contribution in [1.82, 2.24) is 5.32 Å². The quantitative estimate of drug-likeness (QED) is 0.810. The van der Waals surface area contributed by atoms with Crippen LogP contribution in [0.4, 0.5) is 0 Å². The van der Waals surface area contributed by atoms with Crippen molar-refractivity contribution in [2.45, 2.75) is 40.0 Å². The molecule has 1 rings (SSSR count). The lowest BCUT2D eigenvalue weighted by Gasteiger charge is -2.20. The Morgan fingerprint density at radius 3 is 2.41 bits per heavy atom. The molecule has 0 aliphatic carbocycles. The van der Waals surface area contributed by atoms with Gasteiger partial charge in [0, 0.05) is 5.56 Å². The molecule has 0 radical (unpaired) electrons. The number of carbonyl (C=O) groups is 1. The van der Waals surface area contributed by atoms with Crippen LogP contribution in [0.15, 0.2) is 18.2 Å². The van der Waals surface area contributed by atoms with Gasteiger partial charge in [-0.15, -0.1) is 0 Å². The molecule has 0 saturated carbocycles. The second-order valence-electron chi connectivity index (χ2n) is 5.48. The molecule has 94 valence electrons. The third-order valence-electron chi connectivity index (χ3n) is 2.93. The van der Waals surface area contributed by atoms with Crippen LogP contribution in [-0.4, -0.2) is 18.9 Å². The van der Waals surface area contributed by atoms with Gasteiger partial charge in [0.2, 0.25) is 0 Å². The summed E-state index contributed by atoms with van der Waals surface area (Å²) in [4.78, 5) is 11.9. The molecule has 2 nitrogen and oxygen atoms in total. The zero-order valence-electron chi connectivity index (χ0n) is 11.6. The van der Waals surface area contributed by atoms with Crippen LogP contribution in [0.25, 0.3) is 0 Å². The fourth-order valence-electron chi connectivity index (χ4n) is 1.78. The summed E-state index contributed by atoms with van der Waals surface area (Å²) in [5, 5.41) is 3.07. The highest BCUT2D eigenvalue weighted by Gasteiger charge is 2.16. The van der Waals surface area contributed by atoms with Crippen LogP contribution in [0.1, 0.15) is 49.2 Å². The summed E-state index contributed by atoms with van der Waals surface area (Å²) in [5.74, 6) is 0.171. The second-order valence-corrected chi connectivity index (χ2v) is 5.48. The molecule has 1 N–H and O–H groups in total. The number of rotatable bonds is 4. The molecular formula is C15H23NO. The molecule has 17 heavy (non-hydrogen) atoms. The predicted octanol–water partition coefficient (Wildman–Crippen LogP) is 3.08. The normalized spacial score (nSPS) is 11.6. The van der Waals surface area contributed by atoms with E-state index in [-0.39, 0.29) is 11.2 Å². The van der Waals surface area contributed by atoms with Gasteiger partial charge in [0.25, 0.3) is 0 Å². The van der Waals surface area contributed by atoms with Gasteiger partial charge >= 0.3 is 0 Å². The van der Waals surface area contributed by atoms with Crippen molar-refractivity contribution in [1.29, 1.82) is 0 Å². The first-order chi connectivity index (χ1) is 7.86. The molecule has 1 aromatic rings. The van der Waals surface area contributed by atoms with Crippen LogP contribution in [0.3, 0.4) is 0 Å². The van der Waals surface area contributed by atoms with Gasteiger partial charge in [-0.3, -0.25) is 4.79 Å². The van der Waals surface area contributed by atoms with Crippen molar-refractivity contribution in [3.05, 3.63) is 34.9 Å². The average Bonchev–Trinajstić information content (AvgIpc) is 2.24. The zero-order valence-corrected chi connectivity index (χ0v) is 11.6. The van der Waals surface area contributed by atoms with E-state index in [1.165, 1.54) is 5.56 Å². The molecule has 0 heterocycles. The van der Waals surface area contributed by atoms with Gasteiger partial charge < -0.3 is 5.32 Å². The minimum Gasteiger partial charge on any atom is -0.310 e. The number of nitrogens with one attached hydrogen (secondary N) is 1. The molecule has 0 aliphatic heterocycles. The van der Waals surface area contributed by atoms with E-state index in [0.717, 1.165) is 17.7 Å². The van der Waals surface area contributed by atoms with E-state index in [1.807, 2.05) is 19.9 Å². The third-order valence-corrected chi connectivity index (χ3v) is 2.93. The summed E-state index contributed by atoms with van der Waals surface area (Å²) in [6.07, 6.45) is 0. The molecule has 0 amide bonds. The first kappa shape index (κ1) is 13.9. The van der Waals surface area contributed by atoms with Crippen molar-refractivity contribution < 1.29 is 4.79 Å². The number of aryl methyl sites for hydroxylation is 1. The fourth-order valence-corrected chi connectivity index (χ4v) is 1.78. The molecule has 1 aromatic carbocycles. The standard InChI is InChI=1S/C15H23NO/c1-6-16-10-14(17)13-8-7-12(9-11(13)2)15(3,4)5/h7-9,16H,6,10H2,1-5H3. The number of Topliss-reactive ketones (excluding diaryl/α,β-unsaturated/α-hetero) is 1. The highest BCUT2D eigenvalue weighted by molar-refractivity contribution is 5.99. The molecule has 0 unspecified atom stereocenters. The van der Waals surface area contributed by atoms with Crippen molar-refractivity contribution in [3.8, 4) is 0 Å². The lowest BCUT2D eigenvalue weighted by molar-refractivity contribution is 0.0991. The number of ketones is 1. The SMILES string of the molecule is CCNCC(=O)c1ccc(C(C)(C)C)cc1C. The summed E-state index contributed by atoms with van der Waals surface area (Å²) in [7, 11) is 0. The zero-order chi connectivity index (χ0) is 13.1. The van der Waals surface area contributed by atoms with E-state index < -0.39 is 0 Å². The summed E-state index contributed by atoms with van der Waals surface area (Å²) in [6, 6.07) is 6.14. The maximum absolute atomic E-state index is 11.9. The third kappa shape index (κ3) is 3.67. The van der Waals surface area contributed by atoms with Crippen LogP contribution >= 0.6 is 0 Å². The molecule has 0 aliphatic rings. The monoisotopic (exact) mass is 233 g/mol. The predicted molar refractivity (Wildman–Crippen MR) is 72.8 cm³/mol. The summed E-state index contributed by atoms with van der Waals surface area (Å²) in [5.41, 5.74) is 3.31. The Labute approximate surface area is 104 Å². The van der Waals surface area contributed by atoms with E-state index >= 15 is 0 Å². The first-order valence-electron chi connectivity index (χ1n) is 6.21. The van der Waals surface area contributed by atoms with Crippen LogP contribution in [-0.2, 0) is 5.41 Å². The minimum absolute atomic E-state index is 0.133. The molecule has 0 spiro atoms. The van der Waals surface area contributed by atoms with Gasteiger partial charge in [-0.1, -0.05) is 45.9 Å². The van der Waals surface area contributed by atoms with Gasteiger partial charge in [0.05, 0.1) is 6.54 Å². The van der Waals surface area contributed by atoms with E-state index in [2.05, 4.69) is 38.2 Å². The van der Waals surface area contributed by atoms with Crippen molar-refractivity contribution in [2.75, 3.05) is 13.1 Å². The van der Waals surface area contributed by atoms with Gasteiger partial charge in [-0.05, 0) is 30.0 Å². The van der Waals surface area contributed by atoms with Crippen molar-refractivity contribution in [3.63, 3.8) is 0 Å². The maximum atomic E-state index is 11.9. The molecule has 2 heteroatoms. The Balaban J connectivity index is 2.94. The van der Waals surface area contributed by atoms with Gasteiger partial charge in [0.1, 0.15) is 0 Å². The molecule has 0 aromatic heterocycles. The number of carbonyl (C=O) groups excluding carboxylic acids is 1. The smallest absolute Gasteiger partial charge is 0.176 e. The van der Waals surface area contributed by atoms with E-state index in [0.29, 0.717) is 6.54 Å². The van der Waals surface area contributed by atoms with Crippen LogP contribution in [0.5, 0.6) is 0 Å². The van der Waals surface area contributed by atoms with Crippen molar-refractivity contribution in [2.24, 2.45) is 0 Å². The number of hydrogen-bond acceptors (Lipinski definition) is 2. The average molecular weight is 233 g/mol. The Morgan fingerprint density at radius 2 is 1.94 bits per heavy atom. The molecule has 0 fully saturated rings. The molecule has 0 bridgehead atoms. The highest BCUT2D eigenvalue weighted by atomic mass is 16.1. The van der Waals surface area contributed by atoms with Gasteiger partial charge in [-0.25, -0.2) is 0 Å². The molecule has 0 saturated heterocycles. The summed E-state index contributed by atoms with van der Waals surface area (Å²) < 4.78 is 0. The van der Waals surface area contributed by atoms with Gasteiger partial charge in [0.15, 0.2) is 5.78 Å². The Kier molecular flexibility index (Phi) is 4.47. The van der Waals surface area contributed by atoms with E-state index in [9.17, 15) is 4.79 Å². The Morgan fingerprint density at radius 1 is 1.29 bits per heavy atom. The largest absolute Gasteiger partial charge is 0.310 e. The number of hydrogen-bond donors (Lipinski definition) is 1. The van der Waals surface area contributed by atoms with Crippen LogP contribution in [0.2, 0.25) is 0 Å². The maximum Gasteiger partial charge on any atom is 0.176 e. The van der Waals surface area contributed by atoms with E-state index in [1.54, 1.807) is 0 Å². The van der Waals surface area contributed by atoms with Gasteiger partial charge in [-0.2, -0.15) is 0 Å². The Bertz CT molecular complexity index is 402. The topological polar surface area (TPSA) is 29.1 Å². The number of likely N-dealkylation sites (N-methyl/N-ethyl adjacent to an activating group) is 1. The summed E-state index contributed by atoms with van der Waals surface area (Å²) >= 11 is 0. The number of benzene rings is 1. The van der Waals surface area contributed by atoms with Crippen LogP contribution < -0.4 is 5.32 Å². The summed E-state index contributed by atoms with van der Waals surface area (Å²) in [6.45, 7) is 11.8. The van der Waals surface area contributed by atoms with E-state index in [4.69, 9.17) is 0 Å². The fraction of sp³-hybridized carbons (Fsp3) is 0.533. The highest BCUT2D eigenvalue weighted by Crippen LogP contribution is 2.24. The Hall–Kier alpha value is -1.15. The van der Waals surface area contributed by atoms with Crippen molar-refractivity contribution >= 4 is 5.78 Å². The molecule has 0 atom stereocenters. The minimum atomic E-state index is 0.133. The lowest BCUT2D eigenvalue weighted by atomic mass is 9.85. The lowest BCUT2D eigenvalue weighted by Crippen LogP contribution is -2.23. The second kappa shape index (κ2) is 5.46. The first-order valence-corrected chi connectivity index (χ1v) is 6.21.